The van der Waals surface area contributed by atoms with Crippen molar-refractivity contribution in [2.45, 2.75) is 6.92 Å². The van der Waals surface area contributed by atoms with Gasteiger partial charge in [-0.25, -0.2) is 14.5 Å². The highest BCUT2D eigenvalue weighted by Crippen LogP contribution is 2.29. The second kappa shape index (κ2) is 7.51. The Labute approximate surface area is 156 Å². The van der Waals surface area contributed by atoms with E-state index in [0.717, 1.165) is 33.7 Å². The highest BCUT2D eigenvalue weighted by molar-refractivity contribution is 5.79. The van der Waals surface area contributed by atoms with Crippen molar-refractivity contribution in [2.24, 2.45) is 0 Å². The summed E-state index contributed by atoms with van der Waals surface area (Å²) < 4.78 is 12.4. The normalized spacial score (nSPS) is 11.0. The predicted octanol–water partition coefficient (Wildman–Crippen LogP) is 3.19. The first-order valence-electron chi connectivity index (χ1n) is 8.61. The van der Waals surface area contributed by atoms with E-state index in [1.165, 1.54) is 0 Å². The lowest BCUT2D eigenvalue weighted by molar-refractivity contribution is 0.144. The third-order valence-corrected chi connectivity index (χ3v) is 4.21. The fourth-order valence-corrected chi connectivity index (χ4v) is 2.97. The molecule has 0 N–H and O–H groups in total. The van der Waals surface area contributed by atoms with Crippen molar-refractivity contribution in [2.75, 3.05) is 20.3 Å². The van der Waals surface area contributed by atoms with E-state index in [2.05, 4.69) is 15.1 Å². The second-order valence-corrected chi connectivity index (χ2v) is 5.99. The van der Waals surface area contributed by atoms with Gasteiger partial charge >= 0.3 is 0 Å². The topological polar surface area (TPSA) is 74.4 Å². The van der Waals surface area contributed by atoms with Crippen molar-refractivity contribution < 1.29 is 9.47 Å². The van der Waals surface area contributed by atoms with Crippen LogP contribution in [0.3, 0.4) is 0 Å². The van der Waals surface area contributed by atoms with Gasteiger partial charge in [0.15, 0.2) is 5.65 Å². The highest BCUT2D eigenvalue weighted by atomic mass is 16.5. The maximum atomic E-state index is 5.53. The van der Waals surface area contributed by atoms with E-state index < -0.39 is 0 Å². The van der Waals surface area contributed by atoms with Gasteiger partial charge in [0.2, 0.25) is 5.88 Å². The minimum Gasteiger partial charge on any atom is -0.475 e. The van der Waals surface area contributed by atoms with Crippen LogP contribution in [0.5, 0.6) is 5.88 Å². The Bertz CT molecular complexity index is 1050. The van der Waals surface area contributed by atoms with E-state index in [0.29, 0.717) is 19.1 Å². The molecule has 0 bridgehead atoms. The molecule has 0 saturated carbocycles. The maximum Gasteiger partial charge on any atom is 0.213 e. The number of imidazole rings is 1. The summed E-state index contributed by atoms with van der Waals surface area (Å²) in [4.78, 5) is 13.3. The van der Waals surface area contributed by atoms with Crippen LogP contribution in [0.1, 0.15) is 5.69 Å². The molecule has 0 amide bonds. The Balaban J connectivity index is 1.74. The molecule has 0 unspecified atom stereocenters. The van der Waals surface area contributed by atoms with Crippen molar-refractivity contribution >= 4 is 5.65 Å². The lowest BCUT2D eigenvalue weighted by Gasteiger charge is -2.07. The zero-order valence-electron chi connectivity index (χ0n) is 15.2. The number of ether oxygens (including phenoxy) is 2. The van der Waals surface area contributed by atoms with Gasteiger partial charge in [0.05, 0.1) is 18.0 Å². The highest BCUT2D eigenvalue weighted by Gasteiger charge is 2.16. The van der Waals surface area contributed by atoms with Gasteiger partial charge in [-0.3, -0.25) is 4.98 Å². The average Bonchev–Trinajstić information content (AvgIpc) is 3.05. The zero-order chi connectivity index (χ0) is 18.6. The van der Waals surface area contributed by atoms with E-state index in [4.69, 9.17) is 14.5 Å². The molecule has 7 nitrogen and oxygen atoms in total. The molecular formula is C20H19N5O2. The molecule has 0 fully saturated rings. The minimum atomic E-state index is 0.466. The molecule has 0 saturated heterocycles. The van der Waals surface area contributed by atoms with Gasteiger partial charge in [-0.2, -0.15) is 5.10 Å². The van der Waals surface area contributed by atoms with E-state index in [9.17, 15) is 0 Å². The lowest BCUT2D eigenvalue weighted by Crippen LogP contribution is -2.05. The molecule has 4 aromatic heterocycles. The van der Waals surface area contributed by atoms with E-state index in [1.54, 1.807) is 25.7 Å². The summed E-state index contributed by atoms with van der Waals surface area (Å²) in [5.41, 5.74) is 5.50. The molecule has 0 aliphatic rings. The van der Waals surface area contributed by atoms with Crippen LogP contribution in [0.15, 0.2) is 55.1 Å². The van der Waals surface area contributed by atoms with E-state index in [-0.39, 0.29) is 0 Å². The number of hydrogen-bond acceptors (Lipinski definition) is 6. The molecule has 4 aromatic rings. The third-order valence-electron chi connectivity index (χ3n) is 4.21. The van der Waals surface area contributed by atoms with Crippen LogP contribution in [-0.2, 0) is 4.74 Å². The van der Waals surface area contributed by atoms with Gasteiger partial charge < -0.3 is 9.47 Å². The maximum absolute atomic E-state index is 5.53. The first-order chi connectivity index (χ1) is 13.3. The molecule has 0 radical (unpaired) electrons. The summed E-state index contributed by atoms with van der Waals surface area (Å²) in [5, 5.41) is 4.51. The number of rotatable bonds is 6. The van der Waals surface area contributed by atoms with Crippen LogP contribution in [0, 0.1) is 6.92 Å². The van der Waals surface area contributed by atoms with Crippen molar-refractivity contribution in [3.8, 4) is 28.3 Å². The second-order valence-electron chi connectivity index (χ2n) is 5.99. The zero-order valence-corrected chi connectivity index (χ0v) is 15.2. The van der Waals surface area contributed by atoms with Gasteiger partial charge in [0.1, 0.15) is 6.61 Å². The summed E-state index contributed by atoms with van der Waals surface area (Å²) in [6.45, 7) is 2.96. The Morgan fingerprint density at radius 2 is 1.93 bits per heavy atom. The quantitative estimate of drug-likeness (QED) is 0.491. The Hall–Kier alpha value is -3.32. The molecule has 0 aliphatic heterocycles. The first-order valence-corrected chi connectivity index (χ1v) is 8.61. The molecule has 4 heterocycles. The fourth-order valence-electron chi connectivity index (χ4n) is 2.97. The van der Waals surface area contributed by atoms with Crippen LogP contribution >= 0.6 is 0 Å². The summed E-state index contributed by atoms with van der Waals surface area (Å²) in [7, 11) is 1.64. The van der Waals surface area contributed by atoms with Gasteiger partial charge in [0.25, 0.3) is 0 Å². The molecule has 4 rings (SSSR count). The van der Waals surface area contributed by atoms with Crippen LogP contribution < -0.4 is 4.74 Å². The molecule has 0 aromatic carbocycles. The van der Waals surface area contributed by atoms with Gasteiger partial charge in [-0.1, -0.05) is 6.07 Å². The predicted molar refractivity (Wildman–Crippen MR) is 102 cm³/mol. The standard InChI is InChI=1S/C20H19N5O2/c1-14-19(16-5-6-18(22-13-16)27-11-10-26-2)25-20(24-14)17(7-9-23-25)15-4-3-8-21-12-15/h3-9,12-13H,10-11H2,1-2H3. The SMILES string of the molecule is COCCOc1ccc(-c2c(C)nc3c(-c4cccnc4)ccnn23)cn1. The van der Waals surface area contributed by atoms with Crippen molar-refractivity contribution in [3.05, 3.63) is 60.8 Å². The van der Waals surface area contributed by atoms with E-state index >= 15 is 0 Å². The van der Waals surface area contributed by atoms with Gasteiger partial charge in [-0.15, -0.1) is 0 Å². The van der Waals surface area contributed by atoms with Gasteiger partial charge in [0, 0.05) is 54.7 Å². The number of aryl methyl sites for hydroxylation is 1. The molecule has 0 aliphatic carbocycles. The van der Waals surface area contributed by atoms with Crippen molar-refractivity contribution in [1.82, 2.24) is 24.6 Å². The van der Waals surface area contributed by atoms with Crippen molar-refractivity contribution in [3.63, 3.8) is 0 Å². The van der Waals surface area contributed by atoms with Gasteiger partial charge in [-0.05, 0) is 25.1 Å². The monoisotopic (exact) mass is 361 g/mol. The Kier molecular flexibility index (Phi) is 4.76. The smallest absolute Gasteiger partial charge is 0.213 e. The molecule has 0 spiro atoms. The summed E-state index contributed by atoms with van der Waals surface area (Å²) in [6, 6.07) is 9.68. The molecule has 136 valence electrons. The number of aromatic nitrogens is 5. The molecule has 7 heteroatoms. The number of nitrogens with zero attached hydrogens (tertiary/aromatic N) is 5. The summed E-state index contributed by atoms with van der Waals surface area (Å²) >= 11 is 0. The molecule has 27 heavy (non-hydrogen) atoms. The largest absolute Gasteiger partial charge is 0.475 e. The number of fused-ring (bicyclic) bond motifs is 1. The first kappa shape index (κ1) is 17.1. The lowest BCUT2D eigenvalue weighted by atomic mass is 10.1. The number of hydrogen-bond donors (Lipinski definition) is 0. The minimum absolute atomic E-state index is 0.466. The Morgan fingerprint density at radius 3 is 2.67 bits per heavy atom. The molecule has 0 atom stereocenters. The molecular weight excluding hydrogens is 342 g/mol. The third kappa shape index (κ3) is 3.37. The Morgan fingerprint density at radius 1 is 1.00 bits per heavy atom. The van der Waals surface area contributed by atoms with Crippen LogP contribution in [0.4, 0.5) is 0 Å². The summed E-state index contributed by atoms with van der Waals surface area (Å²) in [6.07, 6.45) is 7.13. The fraction of sp³-hybridized carbons (Fsp3) is 0.200. The van der Waals surface area contributed by atoms with Crippen LogP contribution in [0.25, 0.3) is 28.0 Å². The van der Waals surface area contributed by atoms with Crippen LogP contribution in [-0.4, -0.2) is 44.9 Å². The van der Waals surface area contributed by atoms with Crippen molar-refractivity contribution in [1.29, 1.82) is 0 Å². The van der Waals surface area contributed by atoms with Crippen LogP contribution in [0.2, 0.25) is 0 Å². The van der Waals surface area contributed by atoms with E-state index in [1.807, 2.05) is 48.0 Å². The average molecular weight is 361 g/mol. The summed E-state index contributed by atoms with van der Waals surface area (Å²) in [5.74, 6) is 0.561. The number of methoxy groups -OCH3 is 1. The number of pyridine rings is 2.